The molecule has 23 heavy (non-hydrogen) atoms. The fourth-order valence-electron chi connectivity index (χ4n) is 2.65. The fraction of sp³-hybridized carbons (Fsp3) is 0.333. The lowest BCUT2D eigenvalue weighted by Gasteiger charge is -2.25. The van der Waals surface area contributed by atoms with Crippen LogP contribution in [-0.4, -0.2) is 33.3 Å². The SMILES string of the molecule is CC[C@@]1(c2ccccc2)NC(=O)N(Cc2nnc(SC)s2)C1=O. The van der Waals surface area contributed by atoms with Crippen molar-refractivity contribution in [1.29, 1.82) is 0 Å². The van der Waals surface area contributed by atoms with Gasteiger partial charge in [-0.25, -0.2) is 4.79 Å². The molecule has 3 amide bonds. The summed E-state index contributed by atoms with van der Waals surface area (Å²) in [4.78, 5) is 26.5. The zero-order valence-corrected chi connectivity index (χ0v) is 14.4. The molecule has 6 nitrogen and oxygen atoms in total. The molecule has 0 unspecified atom stereocenters. The van der Waals surface area contributed by atoms with E-state index in [1.807, 2.05) is 43.5 Å². The number of thioether (sulfide) groups is 1. The summed E-state index contributed by atoms with van der Waals surface area (Å²) < 4.78 is 0.817. The number of imide groups is 1. The third-order valence-electron chi connectivity index (χ3n) is 3.89. The van der Waals surface area contributed by atoms with Gasteiger partial charge in [-0.15, -0.1) is 10.2 Å². The highest BCUT2D eigenvalue weighted by molar-refractivity contribution is 8.00. The number of urea groups is 1. The fourth-order valence-corrected chi connectivity index (χ4v) is 3.95. The molecule has 2 aromatic rings. The molecule has 120 valence electrons. The molecule has 0 spiro atoms. The molecule has 0 saturated carbocycles. The van der Waals surface area contributed by atoms with E-state index in [4.69, 9.17) is 0 Å². The first-order valence-corrected chi connectivity index (χ1v) is 9.21. The Balaban J connectivity index is 1.89. The maximum Gasteiger partial charge on any atom is 0.325 e. The summed E-state index contributed by atoms with van der Waals surface area (Å²) >= 11 is 2.89. The van der Waals surface area contributed by atoms with E-state index in [1.54, 1.807) is 0 Å². The number of nitrogens with one attached hydrogen (secondary N) is 1. The van der Waals surface area contributed by atoms with Gasteiger partial charge in [0, 0.05) is 0 Å². The van der Waals surface area contributed by atoms with Crippen molar-refractivity contribution in [2.45, 2.75) is 29.8 Å². The normalized spacial score (nSPS) is 20.9. The Bertz CT molecular complexity index is 734. The standard InChI is InChI=1S/C15H16N4O2S2/c1-3-15(10-7-5-4-6-8-10)12(20)19(13(21)16-15)9-11-17-18-14(22-2)23-11/h4-8H,3,9H2,1-2H3,(H,16,21)/t15-/m0/s1. The third-order valence-corrected chi connectivity index (χ3v) is 5.77. The Morgan fingerprint density at radius 2 is 2.00 bits per heavy atom. The van der Waals surface area contributed by atoms with Gasteiger partial charge in [-0.2, -0.15) is 0 Å². The number of benzene rings is 1. The lowest BCUT2D eigenvalue weighted by atomic mass is 9.87. The summed E-state index contributed by atoms with van der Waals surface area (Å²) in [7, 11) is 0. The van der Waals surface area contributed by atoms with Gasteiger partial charge in [-0.3, -0.25) is 9.69 Å². The number of nitrogens with zero attached hydrogens (tertiary/aromatic N) is 3. The molecule has 1 atom stereocenters. The number of aromatic nitrogens is 2. The summed E-state index contributed by atoms with van der Waals surface area (Å²) in [6.45, 7) is 2.04. The van der Waals surface area contributed by atoms with Crippen molar-refractivity contribution in [1.82, 2.24) is 20.4 Å². The first-order valence-electron chi connectivity index (χ1n) is 7.16. The molecule has 0 bridgehead atoms. The molecule has 0 aliphatic carbocycles. The van der Waals surface area contributed by atoms with Crippen LogP contribution >= 0.6 is 23.1 Å². The molecule has 1 fully saturated rings. The number of hydrogen-bond donors (Lipinski definition) is 1. The average Bonchev–Trinajstić information content (AvgIpc) is 3.14. The molecule has 0 radical (unpaired) electrons. The highest BCUT2D eigenvalue weighted by atomic mass is 32.2. The monoisotopic (exact) mass is 348 g/mol. The number of carbonyl (C=O) groups excluding carboxylic acids is 2. The van der Waals surface area contributed by atoms with Crippen molar-refractivity contribution in [2.75, 3.05) is 6.26 Å². The van der Waals surface area contributed by atoms with Crippen LogP contribution in [0.4, 0.5) is 4.79 Å². The molecule has 1 saturated heterocycles. The van der Waals surface area contributed by atoms with Crippen LogP contribution in [0, 0.1) is 0 Å². The highest BCUT2D eigenvalue weighted by Gasteiger charge is 2.51. The number of amides is 3. The van der Waals surface area contributed by atoms with Crippen molar-refractivity contribution < 1.29 is 9.59 Å². The van der Waals surface area contributed by atoms with Crippen molar-refractivity contribution in [3.05, 3.63) is 40.9 Å². The van der Waals surface area contributed by atoms with Crippen molar-refractivity contribution in [3.8, 4) is 0 Å². The van der Waals surface area contributed by atoms with Crippen molar-refractivity contribution >= 4 is 35.0 Å². The van der Waals surface area contributed by atoms with Crippen LogP contribution in [0.1, 0.15) is 23.9 Å². The smallest absolute Gasteiger partial charge is 0.319 e. The second kappa shape index (κ2) is 6.29. The minimum absolute atomic E-state index is 0.150. The first-order chi connectivity index (χ1) is 11.1. The predicted octanol–water partition coefficient (Wildman–Crippen LogP) is 2.62. The molecule has 3 rings (SSSR count). The van der Waals surface area contributed by atoms with Gasteiger partial charge >= 0.3 is 6.03 Å². The Labute approximate surface area is 142 Å². The van der Waals surface area contributed by atoms with Crippen LogP contribution in [0.5, 0.6) is 0 Å². The van der Waals surface area contributed by atoms with Gasteiger partial charge in [0.1, 0.15) is 10.5 Å². The van der Waals surface area contributed by atoms with Gasteiger partial charge in [0.25, 0.3) is 5.91 Å². The van der Waals surface area contributed by atoms with Gasteiger partial charge in [0.15, 0.2) is 4.34 Å². The molecule has 1 aliphatic rings. The van der Waals surface area contributed by atoms with Gasteiger partial charge < -0.3 is 5.32 Å². The minimum atomic E-state index is -0.995. The molecule has 1 aromatic heterocycles. The van der Waals surface area contributed by atoms with Crippen LogP contribution in [-0.2, 0) is 16.9 Å². The van der Waals surface area contributed by atoms with Crippen LogP contribution < -0.4 is 5.32 Å². The van der Waals surface area contributed by atoms with E-state index >= 15 is 0 Å². The summed E-state index contributed by atoms with van der Waals surface area (Å²) in [5.41, 5.74) is -0.198. The second-order valence-electron chi connectivity index (χ2n) is 5.11. The van der Waals surface area contributed by atoms with Gasteiger partial charge in [0.2, 0.25) is 0 Å². The van der Waals surface area contributed by atoms with E-state index in [2.05, 4.69) is 15.5 Å². The van der Waals surface area contributed by atoms with Crippen LogP contribution in [0.2, 0.25) is 0 Å². The number of carbonyl (C=O) groups is 2. The number of hydrogen-bond acceptors (Lipinski definition) is 6. The summed E-state index contributed by atoms with van der Waals surface area (Å²) in [5, 5.41) is 11.6. The summed E-state index contributed by atoms with van der Waals surface area (Å²) in [6.07, 6.45) is 2.40. The Hall–Kier alpha value is -1.93. The molecule has 1 N–H and O–H groups in total. The Kier molecular flexibility index (Phi) is 4.36. The second-order valence-corrected chi connectivity index (χ2v) is 7.23. The average molecular weight is 348 g/mol. The topological polar surface area (TPSA) is 75.2 Å². The third kappa shape index (κ3) is 2.72. The van der Waals surface area contributed by atoms with E-state index in [1.165, 1.54) is 28.0 Å². The Morgan fingerprint density at radius 1 is 1.26 bits per heavy atom. The van der Waals surface area contributed by atoms with Crippen LogP contribution in [0.3, 0.4) is 0 Å². The highest BCUT2D eigenvalue weighted by Crippen LogP contribution is 2.33. The van der Waals surface area contributed by atoms with E-state index in [0.717, 1.165) is 9.90 Å². The zero-order chi connectivity index (χ0) is 16.4. The molecular weight excluding hydrogens is 332 g/mol. The maximum absolute atomic E-state index is 12.9. The minimum Gasteiger partial charge on any atom is -0.319 e. The number of rotatable bonds is 5. The van der Waals surface area contributed by atoms with E-state index in [-0.39, 0.29) is 18.5 Å². The van der Waals surface area contributed by atoms with E-state index in [0.29, 0.717) is 11.4 Å². The first kappa shape index (κ1) is 15.9. The maximum atomic E-state index is 12.9. The lowest BCUT2D eigenvalue weighted by Crippen LogP contribution is -2.43. The van der Waals surface area contributed by atoms with Gasteiger partial charge in [-0.1, -0.05) is 60.4 Å². The molecule has 8 heteroatoms. The quantitative estimate of drug-likeness (QED) is 0.664. The van der Waals surface area contributed by atoms with Crippen molar-refractivity contribution in [3.63, 3.8) is 0 Å². The Morgan fingerprint density at radius 3 is 2.61 bits per heavy atom. The summed E-state index contributed by atoms with van der Waals surface area (Å²) in [6, 6.07) is 8.96. The van der Waals surface area contributed by atoms with Crippen LogP contribution in [0.15, 0.2) is 34.7 Å². The molecular formula is C15H16N4O2S2. The molecule has 2 heterocycles. The predicted molar refractivity (Wildman–Crippen MR) is 89.2 cm³/mol. The largest absolute Gasteiger partial charge is 0.325 e. The van der Waals surface area contributed by atoms with Crippen LogP contribution in [0.25, 0.3) is 0 Å². The zero-order valence-electron chi connectivity index (χ0n) is 12.8. The van der Waals surface area contributed by atoms with Crippen molar-refractivity contribution in [2.24, 2.45) is 0 Å². The lowest BCUT2D eigenvalue weighted by molar-refractivity contribution is -0.132. The molecule has 1 aromatic carbocycles. The summed E-state index contributed by atoms with van der Waals surface area (Å²) in [5.74, 6) is -0.239. The van der Waals surface area contributed by atoms with E-state index in [9.17, 15) is 9.59 Å². The van der Waals surface area contributed by atoms with E-state index < -0.39 is 5.54 Å². The van der Waals surface area contributed by atoms with Gasteiger partial charge in [0.05, 0.1) is 6.54 Å². The molecule has 1 aliphatic heterocycles. The van der Waals surface area contributed by atoms with Gasteiger partial charge in [-0.05, 0) is 18.2 Å².